The summed E-state index contributed by atoms with van der Waals surface area (Å²) in [6.07, 6.45) is 3.45. The molecule has 0 aliphatic rings. The van der Waals surface area contributed by atoms with E-state index in [1.807, 2.05) is 12.1 Å². The molecule has 4 heteroatoms. The van der Waals surface area contributed by atoms with Crippen LogP contribution in [0.1, 0.15) is 5.56 Å². The Balaban J connectivity index is 2.59. The average Bonchev–Trinajstić information content (AvgIpc) is 2.31. The van der Waals surface area contributed by atoms with Crippen molar-refractivity contribution in [2.24, 2.45) is 0 Å². The Hall–Kier alpha value is -1.37. The van der Waals surface area contributed by atoms with Crippen molar-refractivity contribution in [3.63, 3.8) is 0 Å². The van der Waals surface area contributed by atoms with Gasteiger partial charge in [0.15, 0.2) is 0 Å². The summed E-state index contributed by atoms with van der Waals surface area (Å²) in [5, 5.41) is 9.36. The smallest absolute Gasteiger partial charge is 0.101 e. The number of pyridine rings is 1. The fraction of sp³-hybridized carbons (Fsp3) is 0. The first-order chi connectivity index (χ1) is 7.72. The van der Waals surface area contributed by atoms with Gasteiger partial charge in [0.2, 0.25) is 0 Å². The lowest BCUT2D eigenvalue weighted by Crippen LogP contribution is -1.84. The van der Waals surface area contributed by atoms with E-state index >= 15 is 0 Å². The van der Waals surface area contributed by atoms with Crippen LogP contribution >= 0.6 is 27.5 Å². The maximum Gasteiger partial charge on any atom is 0.101 e. The third kappa shape index (κ3) is 2.08. The lowest BCUT2D eigenvalue weighted by atomic mass is 10.1. The number of nitriles is 1. The standard InChI is InChI=1S/C12H6BrClN2/c13-11-3-4-16-7-10(11)8-1-2-12(14)9(5-8)6-15/h1-5,7H. The maximum atomic E-state index is 8.90. The van der Waals surface area contributed by atoms with Crippen LogP contribution < -0.4 is 0 Å². The molecule has 0 saturated carbocycles. The van der Waals surface area contributed by atoms with Gasteiger partial charge in [-0.15, -0.1) is 0 Å². The second-order valence-electron chi connectivity index (χ2n) is 3.16. The second-order valence-corrected chi connectivity index (χ2v) is 4.42. The van der Waals surface area contributed by atoms with Gasteiger partial charge in [-0.3, -0.25) is 4.98 Å². The fourth-order valence-corrected chi connectivity index (χ4v) is 1.98. The summed E-state index contributed by atoms with van der Waals surface area (Å²) in [6.45, 7) is 0. The van der Waals surface area contributed by atoms with Crippen LogP contribution in [0.4, 0.5) is 0 Å². The molecule has 16 heavy (non-hydrogen) atoms. The van der Waals surface area contributed by atoms with Gasteiger partial charge in [-0.05, 0) is 23.8 Å². The molecule has 0 saturated heterocycles. The first-order valence-electron chi connectivity index (χ1n) is 4.52. The van der Waals surface area contributed by atoms with E-state index in [4.69, 9.17) is 16.9 Å². The SMILES string of the molecule is N#Cc1cc(-c2cnccc2Br)ccc1Cl. The summed E-state index contributed by atoms with van der Waals surface area (Å²) in [6, 6.07) is 9.25. The lowest BCUT2D eigenvalue weighted by Gasteiger charge is -2.04. The Morgan fingerprint density at radius 2 is 2.12 bits per heavy atom. The minimum atomic E-state index is 0.464. The van der Waals surface area contributed by atoms with Crippen LogP contribution in [-0.4, -0.2) is 4.98 Å². The molecule has 1 aromatic heterocycles. The Bertz CT molecular complexity index is 575. The number of hydrogen-bond acceptors (Lipinski definition) is 2. The highest BCUT2D eigenvalue weighted by molar-refractivity contribution is 9.10. The average molecular weight is 294 g/mol. The summed E-state index contributed by atoms with van der Waals surface area (Å²) in [7, 11) is 0. The predicted octanol–water partition coefficient (Wildman–Crippen LogP) is 4.04. The third-order valence-electron chi connectivity index (χ3n) is 2.17. The maximum absolute atomic E-state index is 8.90. The first kappa shape index (κ1) is 11.1. The zero-order valence-corrected chi connectivity index (χ0v) is 10.5. The van der Waals surface area contributed by atoms with Crippen molar-refractivity contribution < 1.29 is 0 Å². The monoisotopic (exact) mass is 292 g/mol. The van der Waals surface area contributed by atoms with E-state index in [9.17, 15) is 0 Å². The van der Waals surface area contributed by atoms with E-state index in [0.717, 1.165) is 15.6 Å². The van der Waals surface area contributed by atoms with Crippen LogP contribution in [0.5, 0.6) is 0 Å². The molecule has 0 radical (unpaired) electrons. The van der Waals surface area contributed by atoms with E-state index in [2.05, 4.69) is 27.0 Å². The van der Waals surface area contributed by atoms with Gasteiger partial charge in [0, 0.05) is 22.4 Å². The summed E-state index contributed by atoms with van der Waals surface area (Å²) in [5.74, 6) is 0. The van der Waals surface area contributed by atoms with E-state index < -0.39 is 0 Å². The van der Waals surface area contributed by atoms with Crippen LogP contribution in [0, 0.1) is 11.3 Å². The van der Waals surface area contributed by atoms with Gasteiger partial charge < -0.3 is 0 Å². The summed E-state index contributed by atoms with van der Waals surface area (Å²) < 4.78 is 0.939. The van der Waals surface area contributed by atoms with Gasteiger partial charge in [0.25, 0.3) is 0 Å². The van der Waals surface area contributed by atoms with Gasteiger partial charge in [0.1, 0.15) is 6.07 Å². The Morgan fingerprint density at radius 1 is 1.31 bits per heavy atom. The largest absolute Gasteiger partial charge is 0.264 e. The minimum absolute atomic E-state index is 0.464. The molecular formula is C12H6BrClN2. The molecule has 0 fully saturated rings. The molecule has 0 spiro atoms. The molecule has 0 aliphatic carbocycles. The van der Waals surface area contributed by atoms with E-state index in [1.165, 1.54) is 0 Å². The molecule has 0 aliphatic heterocycles. The predicted molar refractivity (Wildman–Crippen MR) is 67.1 cm³/mol. The molecule has 0 unspecified atom stereocenters. The van der Waals surface area contributed by atoms with Crippen LogP contribution in [0.3, 0.4) is 0 Å². The number of benzene rings is 1. The van der Waals surface area contributed by atoms with Crippen molar-refractivity contribution >= 4 is 27.5 Å². The Kier molecular flexibility index (Phi) is 3.23. The molecule has 0 atom stereocenters. The molecular weight excluding hydrogens is 288 g/mol. The number of aromatic nitrogens is 1. The number of halogens is 2. The van der Waals surface area contributed by atoms with Crippen molar-refractivity contribution in [2.45, 2.75) is 0 Å². The van der Waals surface area contributed by atoms with Crippen LogP contribution in [0.25, 0.3) is 11.1 Å². The van der Waals surface area contributed by atoms with Crippen molar-refractivity contribution in [2.75, 3.05) is 0 Å². The van der Waals surface area contributed by atoms with Gasteiger partial charge in [-0.2, -0.15) is 5.26 Å². The van der Waals surface area contributed by atoms with Gasteiger partial charge in [0.05, 0.1) is 10.6 Å². The lowest BCUT2D eigenvalue weighted by molar-refractivity contribution is 1.31. The fourth-order valence-electron chi connectivity index (χ4n) is 1.37. The Morgan fingerprint density at radius 3 is 2.81 bits per heavy atom. The van der Waals surface area contributed by atoms with Crippen molar-refractivity contribution in [1.29, 1.82) is 5.26 Å². The quantitative estimate of drug-likeness (QED) is 0.796. The third-order valence-corrected chi connectivity index (χ3v) is 3.19. The highest BCUT2D eigenvalue weighted by Gasteiger charge is 2.06. The molecule has 0 amide bonds. The minimum Gasteiger partial charge on any atom is -0.264 e. The van der Waals surface area contributed by atoms with Crippen LogP contribution in [0.15, 0.2) is 41.1 Å². The van der Waals surface area contributed by atoms with Gasteiger partial charge in [-0.1, -0.05) is 33.6 Å². The zero-order valence-electron chi connectivity index (χ0n) is 8.11. The van der Waals surface area contributed by atoms with E-state index in [-0.39, 0.29) is 0 Å². The van der Waals surface area contributed by atoms with Crippen molar-refractivity contribution in [3.05, 3.63) is 51.7 Å². The molecule has 2 nitrogen and oxygen atoms in total. The Labute approximate surface area is 107 Å². The normalized spacial score (nSPS) is 9.81. The molecule has 78 valence electrons. The van der Waals surface area contributed by atoms with Crippen molar-refractivity contribution in [1.82, 2.24) is 4.98 Å². The number of nitrogens with zero attached hydrogens (tertiary/aromatic N) is 2. The summed E-state index contributed by atoms with van der Waals surface area (Å²) in [5.41, 5.74) is 2.33. The molecule has 0 N–H and O–H groups in total. The van der Waals surface area contributed by atoms with Crippen molar-refractivity contribution in [3.8, 4) is 17.2 Å². The topological polar surface area (TPSA) is 36.7 Å². The highest BCUT2D eigenvalue weighted by Crippen LogP contribution is 2.29. The number of rotatable bonds is 1. The molecule has 1 heterocycles. The first-order valence-corrected chi connectivity index (χ1v) is 5.69. The van der Waals surface area contributed by atoms with Gasteiger partial charge in [-0.25, -0.2) is 0 Å². The highest BCUT2D eigenvalue weighted by atomic mass is 79.9. The van der Waals surface area contributed by atoms with Crippen LogP contribution in [-0.2, 0) is 0 Å². The zero-order chi connectivity index (χ0) is 11.5. The number of hydrogen-bond donors (Lipinski definition) is 0. The molecule has 2 rings (SSSR count). The molecule has 1 aromatic carbocycles. The van der Waals surface area contributed by atoms with Crippen LogP contribution in [0.2, 0.25) is 5.02 Å². The molecule has 0 bridgehead atoms. The summed E-state index contributed by atoms with van der Waals surface area (Å²) >= 11 is 9.32. The van der Waals surface area contributed by atoms with E-state index in [1.54, 1.807) is 24.5 Å². The van der Waals surface area contributed by atoms with Gasteiger partial charge >= 0.3 is 0 Å². The summed E-state index contributed by atoms with van der Waals surface area (Å²) in [4.78, 5) is 4.05. The molecule has 2 aromatic rings. The van der Waals surface area contributed by atoms with E-state index in [0.29, 0.717) is 10.6 Å². The second kappa shape index (κ2) is 4.65.